The molecule has 138 valence electrons. The Morgan fingerprint density at radius 2 is 1.92 bits per heavy atom. The van der Waals surface area contributed by atoms with E-state index in [1.54, 1.807) is 37.0 Å². The summed E-state index contributed by atoms with van der Waals surface area (Å²) in [4.78, 5) is 36.9. The number of aromatic nitrogens is 3. The Morgan fingerprint density at radius 1 is 1.27 bits per heavy atom. The van der Waals surface area contributed by atoms with Gasteiger partial charge in [0.05, 0.1) is 5.69 Å². The van der Waals surface area contributed by atoms with Gasteiger partial charge in [0, 0.05) is 63.7 Å². The number of likely N-dealkylation sites (tertiary alicyclic amines) is 1. The molecule has 7 heteroatoms. The van der Waals surface area contributed by atoms with E-state index in [-0.39, 0.29) is 17.5 Å². The van der Waals surface area contributed by atoms with Crippen molar-refractivity contribution in [3.8, 4) is 11.3 Å². The third-order valence-corrected chi connectivity index (χ3v) is 5.04. The number of carbonyl (C=O) groups excluding carboxylic acids is 1. The van der Waals surface area contributed by atoms with Crippen LogP contribution >= 0.6 is 0 Å². The van der Waals surface area contributed by atoms with Crippen molar-refractivity contribution in [2.24, 2.45) is 7.05 Å². The fourth-order valence-electron chi connectivity index (χ4n) is 3.51. The van der Waals surface area contributed by atoms with Crippen molar-refractivity contribution in [1.29, 1.82) is 0 Å². The van der Waals surface area contributed by atoms with Gasteiger partial charge >= 0.3 is 0 Å². The lowest BCUT2D eigenvalue weighted by Crippen LogP contribution is -2.47. The molecule has 0 atom stereocenters. The lowest BCUT2D eigenvalue weighted by molar-refractivity contribution is -0.129. The van der Waals surface area contributed by atoms with E-state index in [0.29, 0.717) is 11.6 Å². The van der Waals surface area contributed by atoms with Gasteiger partial charge in [-0.25, -0.2) is 4.98 Å². The van der Waals surface area contributed by atoms with Crippen LogP contribution in [-0.4, -0.2) is 51.0 Å². The first-order chi connectivity index (χ1) is 12.5. The van der Waals surface area contributed by atoms with Crippen molar-refractivity contribution in [2.45, 2.75) is 32.7 Å². The Balaban J connectivity index is 1.92. The summed E-state index contributed by atoms with van der Waals surface area (Å²) < 4.78 is 1.60. The second kappa shape index (κ2) is 7.68. The first-order valence-corrected chi connectivity index (χ1v) is 9.02. The molecule has 3 heterocycles. The molecule has 0 spiro atoms. The van der Waals surface area contributed by atoms with E-state index in [2.05, 4.69) is 16.8 Å². The molecule has 3 rings (SSSR count). The van der Waals surface area contributed by atoms with Gasteiger partial charge in [-0.1, -0.05) is 0 Å². The molecule has 0 saturated carbocycles. The van der Waals surface area contributed by atoms with Crippen molar-refractivity contribution in [1.82, 2.24) is 19.4 Å². The van der Waals surface area contributed by atoms with Gasteiger partial charge in [0.15, 0.2) is 0 Å². The molecular weight excluding hydrogens is 330 g/mol. The standard InChI is InChI=1S/C19H25N5O2/c1-4-24(16-7-11-23(12-8-16)14(2)25)19-21-17(13-18(26)22(19)3)15-5-9-20-10-6-15/h5-6,9-10,13,16H,4,7-8,11-12H2,1-3H3. The van der Waals surface area contributed by atoms with Crippen molar-refractivity contribution in [3.05, 3.63) is 40.9 Å². The summed E-state index contributed by atoms with van der Waals surface area (Å²) in [6.45, 7) is 5.93. The van der Waals surface area contributed by atoms with E-state index in [1.165, 1.54) is 0 Å². The molecule has 1 aliphatic rings. The van der Waals surface area contributed by atoms with Gasteiger partial charge in [-0.2, -0.15) is 0 Å². The Hall–Kier alpha value is -2.70. The number of carbonyl (C=O) groups is 1. The summed E-state index contributed by atoms with van der Waals surface area (Å²) in [6.07, 6.45) is 5.15. The lowest BCUT2D eigenvalue weighted by Gasteiger charge is -2.38. The van der Waals surface area contributed by atoms with E-state index < -0.39 is 0 Å². The third-order valence-electron chi connectivity index (χ3n) is 5.04. The Morgan fingerprint density at radius 3 is 2.50 bits per heavy atom. The minimum absolute atomic E-state index is 0.0820. The Labute approximate surface area is 153 Å². The third kappa shape index (κ3) is 3.61. The number of rotatable bonds is 4. The predicted molar refractivity (Wildman–Crippen MR) is 101 cm³/mol. The number of pyridine rings is 1. The fourth-order valence-corrected chi connectivity index (χ4v) is 3.51. The predicted octanol–water partition coefficient (Wildman–Crippen LogP) is 1.68. The Kier molecular flexibility index (Phi) is 5.35. The zero-order valence-corrected chi connectivity index (χ0v) is 15.6. The van der Waals surface area contributed by atoms with E-state index in [1.807, 2.05) is 17.0 Å². The molecule has 1 aliphatic heterocycles. The molecule has 0 radical (unpaired) electrons. The molecular formula is C19H25N5O2. The number of amides is 1. The average Bonchev–Trinajstić information content (AvgIpc) is 2.66. The van der Waals surface area contributed by atoms with Gasteiger partial charge in [-0.3, -0.25) is 19.1 Å². The molecule has 0 unspecified atom stereocenters. The topological polar surface area (TPSA) is 71.3 Å². The summed E-state index contributed by atoms with van der Waals surface area (Å²) in [5.74, 6) is 0.796. The molecule has 0 bridgehead atoms. The van der Waals surface area contributed by atoms with Gasteiger partial charge in [-0.15, -0.1) is 0 Å². The van der Waals surface area contributed by atoms with Crippen LogP contribution in [0.2, 0.25) is 0 Å². The van der Waals surface area contributed by atoms with Crippen molar-refractivity contribution in [2.75, 3.05) is 24.5 Å². The van der Waals surface area contributed by atoms with E-state index in [9.17, 15) is 9.59 Å². The molecule has 0 N–H and O–H groups in total. The normalized spacial score (nSPS) is 15.1. The van der Waals surface area contributed by atoms with Crippen LogP contribution in [0.5, 0.6) is 0 Å². The summed E-state index contributed by atoms with van der Waals surface area (Å²) in [7, 11) is 1.76. The first-order valence-electron chi connectivity index (χ1n) is 9.02. The van der Waals surface area contributed by atoms with E-state index in [4.69, 9.17) is 4.98 Å². The molecule has 1 fully saturated rings. The molecule has 0 aromatic carbocycles. The number of hydrogen-bond acceptors (Lipinski definition) is 5. The zero-order valence-electron chi connectivity index (χ0n) is 15.6. The van der Waals surface area contributed by atoms with Crippen LogP contribution in [0.1, 0.15) is 26.7 Å². The van der Waals surface area contributed by atoms with Gasteiger partial charge < -0.3 is 9.80 Å². The molecule has 1 amide bonds. The van der Waals surface area contributed by atoms with Crippen molar-refractivity contribution >= 4 is 11.9 Å². The molecule has 2 aromatic rings. The number of anilines is 1. The lowest BCUT2D eigenvalue weighted by atomic mass is 10.0. The van der Waals surface area contributed by atoms with Crippen LogP contribution in [-0.2, 0) is 11.8 Å². The Bertz CT molecular complexity index is 826. The second-order valence-corrected chi connectivity index (χ2v) is 6.60. The van der Waals surface area contributed by atoms with E-state index in [0.717, 1.165) is 38.0 Å². The smallest absolute Gasteiger partial charge is 0.255 e. The largest absolute Gasteiger partial charge is 0.343 e. The van der Waals surface area contributed by atoms with Gasteiger partial charge in [0.1, 0.15) is 0 Å². The summed E-state index contributed by atoms with van der Waals surface area (Å²) in [5.41, 5.74) is 1.45. The summed E-state index contributed by atoms with van der Waals surface area (Å²) in [6, 6.07) is 5.53. The maximum atomic E-state index is 12.5. The summed E-state index contributed by atoms with van der Waals surface area (Å²) >= 11 is 0. The zero-order chi connectivity index (χ0) is 18.7. The molecule has 7 nitrogen and oxygen atoms in total. The quantitative estimate of drug-likeness (QED) is 0.834. The van der Waals surface area contributed by atoms with Crippen LogP contribution in [0.25, 0.3) is 11.3 Å². The highest BCUT2D eigenvalue weighted by Gasteiger charge is 2.27. The SMILES string of the molecule is CCN(c1nc(-c2ccncc2)cc(=O)n1C)C1CCN(C(C)=O)CC1. The average molecular weight is 355 g/mol. The van der Waals surface area contributed by atoms with Gasteiger partial charge in [0.2, 0.25) is 11.9 Å². The molecule has 0 aliphatic carbocycles. The minimum Gasteiger partial charge on any atom is -0.343 e. The van der Waals surface area contributed by atoms with Crippen molar-refractivity contribution in [3.63, 3.8) is 0 Å². The highest BCUT2D eigenvalue weighted by Crippen LogP contribution is 2.23. The highest BCUT2D eigenvalue weighted by molar-refractivity contribution is 5.73. The van der Waals surface area contributed by atoms with E-state index >= 15 is 0 Å². The van der Waals surface area contributed by atoms with Crippen LogP contribution in [0.15, 0.2) is 35.4 Å². The van der Waals surface area contributed by atoms with Gasteiger partial charge in [0.25, 0.3) is 5.56 Å². The molecule has 2 aromatic heterocycles. The first kappa shape index (κ1) is 18.1. The molecule has 26 heavy (non-hydrogen) atoms. The van der Waals surface area contributed by atoms with Crippen LogP contribution in [0.3, 0.4) is 0 Å². The second-order valence-electron chi connectivity index (χ2n) is 6.60. The monoisotopic (exact) mass is 355 g/mol. The van der Waals surface area contributed by atoms with Gasteiger partial charge in [-0.05, 0) is 31.9 Å². The van der Waals surface area contributed by atoms with Crippen LogP contribution in [0.4, 0.5) is 5.95 Å². The maximum absolute atomic E-state index is 12.5. The van der Waals surface area contributed by atoms with Crippen molar-refractivity contribution < 1.29 is 4.79 Å². The highest BCUT2D eigenvalue weighted by atomic mass is 16.2. The summed E-state index contributed by atoms with van der Waals surface area (Å²) in [5, 5.41) is 0. The molecule has 1 saturated heterocycles. The van der Waals surface area contributed by atoms with Crippen LogP contribution in [0, 0.1) is 0 Å². The van der Waals surface area contributed by atoms with Crippen LogP contribution < -0.4 is 10.5 Å². The number of hydrogen-bond donors (Lipinski definition) is 0. The minimum atomic E-state index is -0.0820. The fraction of sp³-hybridized carbons (Fsp3) is 0.474. The number of nitrogens with zero attached hydrogens (tertiary/aromatic N) is 5. The maximum Gasteiger partial charge on any atom is 0.255 e. The number of piperidine rings is 1.